The lowest BCUT2D eigenvalue weighted by Crippen LogP contribution is -2.21. The van der Waals surface area contributed by atoms with Crippen molar-refractivity contribution in [2.45, 2.75) is 19.4 Å². The number of benzene rings is 1. The maximum absolute atomic E-state index is 6.10. The lowest BCUT2D eigenvalue weighted by molar-refractivity contribution is 0.114. The molecule has 19 heavy (non-hydrogen) atoms. The van der Waals surface area contributed by atoms with Gasteiger partial charge in [-0.3, -0.25) is 0 Å². The first kappa shape index (κ1) is 12.2. The number of nitrogens with zero attached hydrogens (tertiary/aromatic N) is 1. The van der Waals surface area contributed by atoms with Crippen LogP contribution in [0.1, 0.15) is 24.0 Å². The maximum Gasteiger partial charge on any atom is 0.235 e. The summed E-state index contributed by atoms with van der Waals surface area (Å²) in [5, 5.41) is 3.36. The summed E-state index contributed by atoms with van der Waals surface area (Å²) in [5.41, 5.74) is 1.22. The molecular formula is C15H18N2O2. The van der Waals surface area contributed by atoms with Crippen LogP contribution in [0.4, 0.5) is 0 Å². The Hall–Kier alpha value is -1.81. The van der Waals surface area contributed by atoms with Crippen LogP contribution in [-0.2, 0) is 0 Å². The van der Waals surface area contributed by atoms with E-state index in [2.05, 4.69) is 29.4 Å². The quantitative estimate of drug-likeness (QED) is 0.916. The fourth-order valence-electron chi connectivity index (χ4n) is 2.42. The van der Waals surface area contributed by atoms with Gasteiger partial charge in [0.2, 0.25) is 5.89 Å². The standard InChI is InChI=1S/C15H18N2O2/c1-11-2-4-13(5-3-11)19-14(12-6-7-16-10-12)15-17-8-9-18-15/h2-5,8-9,12,14,16H,6-7,10H2,1H3/t12?,14-/m0/s1. The van der Waals surface area contributed by atoms with Crippen LogP contribution in [-0.4, -0.2) is 18.1 Å². The molecular weight excluding hydrogens is 240 g/mol. The molecule has 0 spiro atoms. The lowest BCUT2D eigenvalue weighted by Gasteiger charge is -2.21. The van der Waals surface area contributed by atoms with Gasteiger partial charge >= 0.3 is 0 Å². The summed E-state index contributed by atoms with van der Waals surface area (Å²) in [7, 11) is 0. The third-order valence-electron chi connectivity index (χ3n) is 3.51. The van der Waals surface area contributed by atoms with Crippen LogP contribution in [0.2, 0.25) is 0 Å². The van der Waals surface area contributed by atoms with E-state index in [1.54, 1.807) is 12.5 Å². The molecule has 0 bridgehead atoms. The molecule has 4 nitrogen and oxygen atoms in total. The molecule has 1 unspecified atom stereocenters. The smallest absolute Gasteiger partial charge is 0.235 e. The van der Waals surface area contributed by atoms with Gasteiger partial charge in [0.1, 0.15) is 12.0 Å². The second-order valence-corrected chi connectivity index (χ2v) is 4.97. The average molecular weight is 258 g/mol. The molecule has 4 heteroatoms. The van der Waals surface area contributed by atoms with Crippen LogP contribution in [0.25, 0.3) is 0 Å². The zero-order valence-corrected chi connectivity index (χ0v) is 11.0. The Balaban J connectivity index is 1.81. The number of rotatable bonds is 4. The van der Waals surface area contributed by atoms with Gasteiger partial charge in [-0.1, -0.05) is 17.7 Å². The third kappa shape index (κ3) is 2.79. The van der Waals surface area contributed by atoms with Crippen LogP contribution in [0.15, 0.2) is 41.1 Å². The minimum Gasteiger partial charge on any atom is -0.480 e. The van der Waals surface area contributed by atoms with E-state index in [0.29, 0.717) is 11.8 Å². The van der Waals surface area contributed by atoms with Crippen molar-refractivity contribution in [1.82, 2.24) is 10.3 Å². The van der Waals surface area contributed by atoms with Crippen molar-refractivity contribution in [3.63, 3.8) is 0 Å². The lowest BCUT2D eigenvalue weighted by atomic mass is 10.0. The highest BCUT2D eigenvalue weighted by atomic mass is 16.5. The predicted molar refractivity (Wildman–Crippen MR) is 72.0 cm³/mol. The van der Waals surface area contributed by atoms with E-state index in [4.69, 9.17) is 9.15 Å². The Morgan fingerprint density at radius 2 is 2.21 bits per heavy atom. The highest BCUT2D eigenvalue weighted by Crippen LogP contribution is 2.31. The van der Waals surface area contributed by atoms with Gasteiger partial charge in [-0.2, -0.15) is 0 Å². The molecule has 1 aliphatic rings. The van der Waals surface area contributed by atoms with Gasteiger partial charge in [0.05, 0.1) is 6.20 Å². The number of aryl methyl sites for hydroxylation is 1. The van der Waals surface area contributed by atoms with Crippen LogP contribution in [0.3, 0.4) is 0 Å². The number of ether oxygens (including phenoxy) is 1. The zero-order valence-electron chi connectivity index (χ0n) is 11.0. The third-order valence-corrected chi connectivity index (χ3v) is 3.51. The fourth-order valence-corrected chi connectivity index (χ4v) is 2.42. The first-order valence-corrected chi connectivity index (χ1v) is 6.66. The molecule has 1 saturated heterocycles. The van der Waals surface area contributed by atoms with E-state index in [1.807, 2.05) is 12.1 Å². The maximum atomic E-state index is 6.10. The number of oxazole rings is 1. The topological polar surface area (TPSA) is 47.3 Å². The Morgan fingerprint density at radius 3 is 2.84 bits per heavy atom. The molecule has 2 heterocycles. The second-order valence-electron chi connectivity index (χ2n) is 4.97. The van der Waals surface area contributed by atoms with Crippen molar-refractivity contribution in [2.24, 2.45) is 5.92 Å². The van der Waals surface area contributed by atoms with Crippen LogP contribution < -0.4 is 10.1 Å². The van der Waals surface area contributed by atoms with E-state index in [9.17, 15) is 0 Å². The molecule has 100 valence electrons. The van der Waals surface area contributed by atoms with E-state index in [-0.39, 0.29) is 6.10 Å². The molecule has 0 aliphatic carbocycles. The van der Waals surface area contributed by atoms with Crippen LogP contribution in [0, 0.1) is 12.8 Å². The molecule has 1 fully saturated rings. The number of aromatic nitrogens is 1. The first-order chi connectivity index (χ1) is 9.33. The first-order valence-electron chi connectivity index (χ1n) is 6.66. The van der Waals surface area contributed by atoms with Crippen LogP contribution in [0.5, 0.6) is 5.75 Å². The van der Waals surface area contributed by atoms with Gasteiger partial charge in [-0.25, -0.2) is 4.98 Å². The summed E-state index contributed by atoms with van der Waals surface area (Å²) in [5.74, 6) is 1.93. The van der Waals surface area contributed by atoms with Gasteiger partial charge in [0.25, 0.3) is 0 Å². The van der Waals surface area contributed by atoms with E-state index < -0.39 is 0 Å². The van der Waals surface area contributed by atoms with Crippen molar-refractivity contribution in [1.29, 1.82) is 0 Å². The summed E-state index contributed by atoms with van der Waals surface area (Å²) >= 11 is 0. The zero-order chi connectivity index (χ0) is 13.1. The molecule has 3 rings (SSSR count). The summed E-state index contributed by atoms with van der Waals surface area (Å²) in [4.78, 5) is 4.26. The molecule has 1 N–H and O–H groups in total. The SMILES string of the molecule is Cc1ccc(O[C@H](c2ncco2)C2CCNC2)cc1. The Labute approximate surface area is 112 Å². The molecule has 2 aromatic rings. The monoisotopic (exact) mass is 258 g/mol. The molecule has 0 amide bonds. The Bertz CT molecular complexity index is 501. The summed E-state index contributed by atoms with van der Waals surface area (Å²) in [6, 6.07) is 8.09. The highest BCUT2D eigenvalue weighted by molar-refractivity contribution is 5.26. The van der Waals surface area contributed by atoms with E-state index >= 15 is 0 Å². The summed E-state index contributed by atoms with van der Waals surface area (Å²) in [6.07, 6.45) is 4.23. The van der Waals surface area contributed by atoms with Crippen LogP contribution >= 0.6 is 0 Å². The predicted octanol–water partition coefficient (Wildman–Crippen LogP) is 2.71. The van der Waals surface area contributed by atoms with Crippen molar-refractivity contribution in [2.75, 3.05) is 13.1 Å². The van der Waals surface area contributed by atoms with Crippen molar-refractivity contribution < 1.29 is 9.15 Å². The van der Waals surface area contributed by atoms with Gasteiger partial charge in [-0.15, -0.1) is 0 Å². The van der Waals surface area contributed by atoms with E-state index in [1.165, 1.54) is 5.56 Å². The Morgan fingerprint density at radius 1 is 1.37 bits per heavy atom. The van der Waals surface area contributed by atoms with Crippen molar-refractivity contribution in [3.05, 3.63) is 48.2 Å². The fraction of sp³-hybridized carbons (Fsp3) is 0.400. The summed E-state index contributed by atoms with van der Waals surface area (Å²) in [6.45, 7) is 4.04. The van der Waals surface area contributed by atoms with Gasteiger partial charge in [-0.05, 0) is 32.0 Å². The van der Waals surface area contributed by atoms with Gasteiger partial charge in [0.15, 0.2) is 6.10 Å². The number of hydrogen-bond donors (Lipinski definition) is 1. The largest absolute Gasteiger partial charge is 0.480 e. The number of hydrogen-bond acceptors (Lipinski definition) is 4. The van der Waals surface area contributed by atoms with E-state index in [0.717, 1.165) is 25.3 Å². The van der Waals surface area contributed by atoms with Gasteiger partial charge < -0.3 is 14.5 Å². The molecule has 1 aromatic heterocycles. The molecule has 2 atom stereocenters. The van der Waals surface area contributed by atoms with Crippen molar-refractivity contribution >= 4 is 0 Å². The summed E-state index contributed by atoms with van der Waals surface area (Å²) < 4.78 is 11.5. The number of nitrogens with one attached hydrogen (secondary N) is 1. The minimum atomic E-state index is -0.118. The normalized spacial score (nSPS) is 20.4. The van der Waals surface area contributed by atoms with Crippen molar-refractivity contribution in [3.8, 4) is 5.75 Å². The average Bonchev–Trinajstić information content (AvgIpc) is 3.11. The van der Waals surface area contributed by atoms with Gasteiger partial charge in [0, 0.05) is 12.5 Å². The minimum absolute atomic E-state index is 0.118. The molecule has 0 saturated carbocycles. The molecule has 0 radical (unpaired) electrons. The molecule has 1 aromatic carbocycles. The highest BCUT2D eigenvalue weighted by Gasteiger charge is 2.31. The molecule has 1 aliphatic heterocycles. The Kier molecular flexibility index (Phi) is 3.51. The second kappa shape index (κ2) is 5.45.